The van der Waals surface area contributed by atoms with Gasteiger partial charge in [0.1, 0.15) is 5.60 Å². The largest absolute Gasteiger partial charge is 0.444 e. The highest BCUT2D eigenvalue weighted by molar-refractivity contribution is 5.94. The fourth-order valence-electron chi connectivity index (χ4n) is 3.35. The molecule has 2 aromatic rings. The molecule has 2 aromatic carbocycles. The van der Waals surface area contributed by atoms with Crippen LogP contribution < -0.4 is 21.3 Å². The van der Waals surface area contributed by atoms with Crippen LogP contribution in [-0.4, -0.2) is 76.8 Å². The highest BCUT2D eigenvalue weighted by atomic mass is 16.6. The Morgan fingerprint density at radius 3 is 1.90 bits per heavy atom. The minimum atomic E-state index is -0.528. The van der Waals surface area contributed by atoms with Crippen LogP contribution in [0.3, 0.4) is 0 Å². The molecule has 0 aliphatic carbocycles. The van der Waals surface area contributed by atoms with Crippen LogP contribution in [0.5, 0.6) is 0 Å². The molecule has 0 unspecified atom stereocenters. The van der Waals surface area contributed by atoms with Gasteiger partial charge in [-0.2, -0.15) is 10.2 Å². The van der Waals surface area contributed by atoms with E-state index < -0.39 is 11.7 Å². The predicted molar refractivity (Wildman–Crippen MR) is 152 cm³/mol. The molecule has 11 heteroatoms. The molecule has 0 aliphatic rings. The van der Waals surface area contributed by atoms with E-state index in [9.17, 15) is 9.59 Å². The molecular formula is C28H42N6O5. The van der Waals surface area contributed by atoms with E-state index in [0.29, 0.717) is 57.3 Å². The van der Waals surface area contributed by atoms with Crippen LogP contribution in [0.25, 0.3) is 0 Å². The molecule has 0 aromatic heterocycles. The van der Waals surface area contributed by atoms with Gasteiger partial charge in [0, 0.05) is 44.0 Å². The fourth-order valence-corrected chi connectivity index (χ4v) is 3.35. The van der Waals surface area contributed by atoms with Crippen molar-refractivity contribution in [2.45, 2.75) is 33.3 Å². The zero-order chi connectivity index (χ0) is 28.5. The van der Waals surface area contributed by atoms with Gasteiger partial charge in [0.15, 0.2) is 0 Å². The van der Waals surface area contributed by atoms with E-state index in [-0.39, 0.29) is 5.91 Å². The molecule has 0 aliphatic heterocycles. The highest BCUT2D eigenvalue weighted by Gasteiger charge is 2.15. The summed E-state index contributed by atoms with van der Waals surface area (Å²) in [6, 6.07) is 14.7. The fraction of sp³-hybridized carbons (Fsp3) is 0.500. The van der Waals surface area contributed by atoms with Gasteiger partial charge in [-0.3, -0.25) is 4.79 Å². The average Bonchev–Trinajstić information content (AvgIpc) is 2.91. The summed E-state index contributed by atoms with van der Waals surface area (Å²) in [6.07, 6.45) is -0.471. The first-order valence-corrected chi connectivity index (χ1v) is 13.2. The number of carbonyl (C=O) groups excluding carboxylic acids is 2. The molecule has 0 fully saturated rings. The number of alkyl carbamates (subject to hydrolysis) is 1. The third-order valence-corrected chi connectivity index (χ3v) is 5.22. The number of nitrogens with zero attached hydrogens (tertiary/aromatic N) is 3. The number of benzene rings is 2. The summed E-state index contributed by atoms with van der Waals surface area (Å²) in [4.78, 5) is 26.0. The molecule has 2 amide bonds. The second-order valence-corrected chi connectivity index (χ2v) is 9.54. The lowest BCUT2D eigenvalue weighted by Crippen LogP contribution is -2.34. The van der Waals surface area contributed by atoms with Crippen molar-refractivity contribution < 1.29 is 23.8 Å². The number of azo groups is 1. The van der Waals surface area contributed by atoms with Crippen LogP contribution >= 0.6 is 0 Å². The van der Waals surface area contributed by atoms with Gasteiger partial charge in [-0.1, -0.05) is 0 Å². The molecule has 0 saturated heterocycles. The van der Waals surface area contributed by atoms with Gasteiger partial charge in [-0.25, -0.2) is 4.79 Å². The number of hydrogen-bond donors (Lipinski definition) is 3. The van der Waals surface area contributed by atoms with Crippen molar-refractivity contribution >= 4 is 29.1 Å². The number of nitrogens with two attached hydrogens (primary N) is 1. The topological polar surface area (TPSA) is 140 Å². The van der Waals surface area contributed by atoms with E-state index in [0.717, 1.165) is 24.5 Å². The minimum Gasteiger partial charge on any atom is -0.444 e. The van der Waals surface area contributed by atoms with Gasteiger partial charge >= 0.3 is 6.09 Å². The van der Waals surface area contributed by atoms with E-state index in [2.05, 4.69) is 32.7 Å². The van der Waals surface area contributed by atoms with E-state index >= 15 is 0 Å². The third-order valence-electron chi connectivity index (χ3n) is 5.22. The van der Waals surface area contributed by atoms with E-state index in [4.69, 9.17) is 19.9 Å². The Balaban J connectivity index is 1.60. The van der Waals surface area contributed by atoms with Crippen LogP contribution in [-0.2, 0) is 14.2 Å². The van der Waals surface area contributed by atoms with Crippen molar-refractivity contribution in [1.29, 1.82) is 0 Å². The highest BCUT2D eigenvalue weighted by Crippen LogP contribution is 2.22. The van der Waals surface area contributed by atoms with Crippen molar-refractivity contribution in [2.24, 2.45) is 16.0 Å². The Hall–Kier alpha value is -3.54. The van der Waals surface area contributed by atoms with Crippen LogP contribution in [0.2, 0.25) is 0 Å². The molecule has 0 spiro atoms. The molecule has 0 atom stereocenters. The number of rotatable bonds is 16. The Bertz CT molecular complexity index is 1020. The van der Waals surface area contributed by atoms with Crippen molar-refractivity contribution in [3.05, 3.63) is 54.1 Å². The summed E-state index contributed by atoms with van der Waals surface area (Å²) >= 11 is 0. The molecular weight excluding hydrogens is 500 g/mol. The maximum Gasteiger partial charge on any atom is 0.407 e. The maximum atomic E-state index is 12.3. The van der Waals surface area contributed by atoms with Crippen molar-refractivity contribution in [3.8, 4) is 0 Å². The summed E-state index contributed by atoms with van der Waals surface area (Å²) in [6.45, 7) is 12.0. The number of nitrogens with one attached hydrogen (secondary N) is 2. The third kappa shape index (κ3) is 13.2. The van der Waals surface area contributed by atoms with Gasteiger partial charge in [0.05, 0.1) is 37.8 Å². The molecule has 0 saturated carbocycles. The normalized spacial score (nSPS) is 11.4. The smallest absolute Gasteiger partial charge is 0.407 e. The first kappa shape index (κ1) is 31.7. The number of carbonyl (C=O) groups is 2. The lowest BCUT2D eigenvalue weighted by atomic mass is 10.2. The summed E-state index contributed by atoms with van der Waals surface area (Å²) < 4.78 is 16.0. The van der Waals surface area contributed by atoms with Crippen molar-refractivity contribution in [3.63, 3.8) is 0 Å². The Morgan fingerprint density at radius 1 is 0.846 bits per heavy atom. The van der Waals surface area contributed by atoms with Crippen LogP contribution in [0, 0.1) is 0 Å². The number of ether oxygens (including phenoxy) is 3. The predicted octanol–water partition coefficient (Wildman–Crippen LogP) is 4.17. The lowest BCUT2D eigenvalue weighted by Gasteiger charge is -2.22. The van der Waals surface area contributed by atoms with E-state index in [1.165, 1.54) is 0 Å². The van der Waals surface area contributed by atoms with Gasteiger partial charge < -0.3 is 35.5 Å². The van der Waals surface area contributed by atoms with Crippen molar-refractivity contribution in [1.82, 2.24) is 10.6 Å². The standard InChI is InChI=1S/C28H42N6O5/c1-5-34(17-14-29)25-12-10-24(11-13-25)33-32-23-8-6-22(7-9-23)26(35)30-15-18-37-20-21-38-19-16-31-27(36)39-28(2,3)4/h6-13H,5,14-21,29H2,1-4H3,(H,30,35)(H,31,36)/b33-32+. The van der Waals surface area contributed by atoms with Crippen LogP contribution in [0.4, 0.5) is 21.9 Å². The number of amides is 2. The SMILES string of the molecule is CCN(CCN)c1ccc(/N=N/c2ccc(C(=O)NCCOCCOCCNC(=O)OC(C)(C)C)cc2)cc1. The average molecular weight is 543 g/mol. The zero-order valence-corrected chi connectivity index (χ0v) is 23.4. The van der Waals surface area contributed by atoms with E-state index in [1.54, 1.807) is 45.0 Å². The second-order valence-electron chi connectivity index (χ2n) is 9.54. The molecule has 0 heterocycles. The van der Waals surface area contributed by atoms with Crippen LogP contribution in [0.1, 0.15) is 38.1 Å². The van der Waals surface area contributed by atoms with E-state index in [1.807, 2.05) is 24.3 Å². The van der Waals surface area contributed by atoms with Gasteiger partial charge in [0.25, 0.3) is 5.91 Å². The zero-order valence-electron chi connectivity index (χ0n) is 23.4. The number of anilines is 1. The summed E-state index contributed by atoms with van der Waals surface area (Å²) in [7, 11) is 0. The molecule has 11 nitrogen and oxygen atoms in total. The Labute approximate surface area is 231 Å². The molecule has 0 bridgehead atoms. The van der Waals surface area contributed by atoms with Gasteiger partial charge in [-0.15, -0.1) is 0 Å². The Kier molecular flexibility index (Phi) is 13.9. The summed E-state index contributed by atoms with van der Waals surface area (Å²) in [5.74, 6) is -0.194. The van der Waals surface area contributed by atoms with Crippen molar-refractivity contribution in [2.75, 3.05) is 64.1 Å². The monoisotopic (exact) mass is 542 g/mol. The second kappa shape index (κ2) is 17.1. The molecule has 4 N–H and O–H groups in total. The molecule has 2 rings (SSSR count). The van der Waals surface area contributed by atoms with Crippen LogP contribution in [0.15, 0.2) is 58.8 Å². The van der Waals surface area contributed by atoms with Gasteiger partial charge in [-0.05, 0) is 76.2 Å². The first-order chi connectivity index (χ1) is 18.7. The Morgan fingerprint density at radius 2 is 1.38 bits per heavy atom. The molecule has 39 heavy (non-hydrogen) atoms. The molecule has 214 valence electrons. The lowest BCUT2D eigenvalue weighted by molar-refractivity contribution is 0.0400. The summed E-state index contributed by atoms with van der Waals surface area (Å²) in [5.41, 5.74) is 8.16. The maximum absolute atomic E-state index is 12.3. The summed E-state index contributed by atoms with van der Waals surface area (Å²) in [5, 5.41) is 14.0. The molecule has 0 radical (unpaired) electrons. The number of hydrogen-bond acceptors (Lipinski definition) is 9. The van der Waals surface area contributed by atoms with Gasteiger partial charge in [0.2, 0.25) is 0 Å². The first-order valence-electron chi connectivity index (χ1n) is 13.2. The minimum absolute atomic E-state index is 0.194. The quantitative estimate of drug-likeness (QED) is 0.214. The number of likely N-dealkylation sites (N-methyl/N-ethyl adjacent to an activating group) is 1.